The molecule has 0 radical (unpaired) electrons. The van der Waals surface area contributed by atoms with Crippen molar-refractivity contribution in [2.24, 2.45) is 5.92 Å². The Hall–Kier alpha value is -1.20. The zero-order valence-electron chi connectivity index (χ0n) is 13.0. The molecule has 1 aromatic carbocycles. The van der Waals surface area contributed by atoms with E-state index in [9.17, 15) is 9.59 Å². The number of rotatable bonds is 5. The van der Waals surface area contributed by atoms with Gasteiger partial charge in [0.05, 0.1) is 0 Å². The Morgan fingerprint density at radius 3 is 2.26 bits per heavy atom. The molecule has 0 bridgehead atoms. The van der Waals surface area contributed by atoms with E-state index in [2.05, 4.69) is 0 Å². The highest BCUT2D eigenvalue weighted by molar-refractivity contribution is 7.99. The molecular weight excluding hydrogens is 332 g/mol. The first-order valence-electron chi connectivity index (χ1n) is 8.08. The maximum Gasteiger partial charge on any atom is 0.225 e. The highest BCUT2D eigenvalue weighted by atomic mass is 35.5. The van der Waals surface area contributed by atoms with E-state index in [-0.39, 0.29) is 17.7 Å². The molecule has 1 aliphatic carbocycles. The first kappa shape index (κ1) is 16.7. The molecule has 2 fully saturated rings. The van der Waals surface area contributed by atoms with Crippen molar-refractivity contribution in [3.05, 3.63) is 29.3 Å². The molecule has 0 atom stereocenters. The third-order valence-electron chi connectivity index (χ3n) is 4.27. The lowest BCUT2D eigenvalue weighted by Crippen LogP contribution is -2.51. The van der Waals surface area contributed by atoms with Crippen molar-refractivity contribution in [3.8, 4) is 0 Å². The number of amides is 2. The molecule has 2 aliphatic rings. The van der Waals surface area contributed by atoms with Crippen LogP contribution in [0.3, 0.4) is 0 Å². The quantitative estimate of drug-likeness (QED) is 0.765. The highest BCUT2D eigenvalue weighted by Crippen LogP contribution is 2.31. The van der Waals surface area contributed by atoms with Crippen LogP contribution in [0, 0.1) is 5.92 Å². The Kier molecular flexibility index (Phi) is 5.49. The number of hydrogen-bond donors (Lipinski definition) is 0. The lowest BCUT2D eigenvalue weighted by atomic mass is 10.2. The van der Waals surface area contributed by atoms with Crippen molar-refractivity contribution < 1.29 is 9.59 Å². The van der Waals surface area contributed by atoms with Crippen molar-refractivity contribution in [2.45, 2.75) is 24.2 Å². The monoisotopic (exact) mass is 352 g/mol. The number of halogens is 1. The molecule has 0 spiro atoms. The molecule has 1 aromatic rings. The fraction of sp³-hybridized carbons (Fsp3) is 0.529. The van der Waals surface area contributed by atoms with Gasteiger partial charge in [0.2, 0.25) is 11.8 Å². The molecule has 23 heavy (non-hydrogen) atoms. The number of nitrogens with zero attached hydrogens (tertiary/aromatic N) is 2. The number of piperazine rings is 1. The van der Waals surface area contributed by atoms with E-state index in [1.807, 2.05) is 34.1 Å². The van der Waals surface area contributed by atoms with Crippen LogP contribution in [0.25, 0.3) is 0 Å². The van der Waals surface area contributed by atoms with E-state index in [0.717, 1.165) is 28.5 Å². The number of carbonyl (C=O) groups excluding carboxylic acids is 2. The third kappa shape index (κ3) is 4.64. The minimum absolute atomic E-state index is 0.185. The maximum absolute atomic E-state index is 12.3. The van der Waals surface area contributed by atoms with Crippen molar-refractivity contribution in [1.82, 2.24) is 9.80 Å². The van der Waals surface area contributed by atoms with Crippen molar-refractivity contribution in [1.29, 1.82) is 0 Å². The van der Waals surface area contributed by atoms with Gasteiger partial charge in [-0.3, -0.25) is 9.59 Å². The zero-order valence-corrected chi connectivity index (χ0v) is 14.6. The number of benzene rings is 1. The molecule has 0 aromatic heterocycles. The van der Waals surface area contributed by atoms with Crippen LogP contribution >= 0.6 is 23.4 Å². The maximum atomic E-state index is 12.3. The van der Waals surface area contributed by atoms with Gasteiger partial charge in [0, 0.05) is 54.2 Å². The SMILES string of the molecule is O=C(CCSc1ccc(Cl)cc1)N1CCN(C(=O)C2CC2)CC1. The first-order chi connectivity index (χ1) is 11.1. The standard InChI is InChI=1S/C17H21ClN2O2S/c18-14-3-5-15(6-4-14)23-12-7-16(21)19-8-10-20(11-9-19)17(22)13-1-2-13/h3-6,13H,1-2,7-12H2. The Bertz CT molecular complexity index is 566. The Morgan fingerprint density at radius 2 is 1.65 bits per heavy atom. The summed E-state index contributed by atoms with van der Waals surface area (Å²) in [7, 11) is 0. The molecule has 6 heteroatoms. The molecule has 0 N–H and O–H groups in total. The minimum atomic E-state index is 0.185. The van der Waals surface area contributed by atoms with Gasteiger partial charge >= 0.3 is 0 Å². The summed E-state index contributed by atoms with van der Waals surface area (Å²) in [4.78, 5) is 29.2. The van der Waals surface area contributed by atoms with Crippen LogP contribution in [0.2, 0.25) is 5.02 Å². The predicted octanol–water partition coefficient (Wildman–Crippen LogP) is 2.90. The summed E-state index contributed by atoms with van der Waals surface area (Å²) in [5.74, 6) is 1.51. The molecule has 4 nitrogen and oxygen atoms in total. The second-order valence-corrected chi connectivity index (χ2v) is 7.64. The topological polar surface area (TPSA) is 40.6 Å². The molecular formula is C17H21ClN2O2S. The van der Waals surface area contributed by atoms with Gasteiger partial charge in [-0.1, -0.05) is 11.6 Å². The van der Waals surface area contributed by atoms with Crippen LogP contribution in [-0.4, -0.2) is 53.5 Å². The average Bonchev–Trinajstić information content (AvgIpc) is 3.41. The fourth-order valence-electron chi connectivity index (χ4n) is 2.71. The Balaban J connectivity index is 1.37. The van der Waals surface area contributed by atoms with Crippen molar-refractivity contribution in [2.75, 3.05) is 31.9 Å². The van der Waals surface area contributed by atoms with Crippen LogP contribution in [-0.2, 0) is 9.59 Å². The first-order valence-corrected chi connectivity index (χ1v) is 9.45. The third-order valence-corrected chi connectivity index (χ3v) is 5.53. The van der Waals surface area contributed by atoms with Crippen LogP contribution in [0.4, 0.5) is 0 Å². The van der Waals surface area contributed by atoms with E-state index in [1.165, 1.54) is 0 Å². The molecule has 0 unspecified atom stereocenters. The number of thioether (sulfide) groups is 1. The lowest BCUT2D eigenvalue weighted by molar-refractivity contribution is -0.140. The van der Waals surface area contributed by atoms with Crippen LogP contribution in [0.1, 0.15) is 19.3 Å². The molecule has 124 valence electrons. The summed E-state index contributed by atoms with van der Waals surface area (Å²) in [6, 6.07) is 7.67. The van der Waals surface area contributed by atoms with Crippen LogP contribution < -0.4 is 0 Å². The summed E-state index contributed by atoms with van der Waals surface area (Å²) < 4.78 is 0. The second-order valence-electron chi connectivity index (χ2n) is 6.03. The number of carbonyl (C=O) groups is 2. The summed E-state index contributed by atoms with van der Waals surface area (Å²) in [6.07, 6.45) is 2.61. The molecule has 3 rings (SSSR count). The predicted molar refractivity (Wildman–Crippen MR) is 92.7 cm³/mol. The summed E-state index contributed by atoms with van der Waals surface area (Å²) in [5, 5.41) is 0.726. The van der Waals surface area contributed by atoms with Gasteiger partial charge in [-0.15, -0.1) is 11.8 Å². The summed E-state index contributed by atoms with van der Waals surface area (Å²) in [5.41, 5.74) is 0. The van der Waals surface area contributed by atoms with Crippen LogP contribution in [0.15, 0.2) is 29.2 Å². The minimum Gasteiger partial charge on any atom is -0.339 e. The summed E-state index contributed by atoms with van der Waals surface area (Å²) >= 11 is 7.53. The highest BCUT2D eigenvalue weighted by Gasteiger charge is 2.35. The largest absolute Gasteiger partial charge is 0.339 e. The van der Waals surface area contributed by atoms with Gasteiger partial charge < -0.3 is 9.80 Å². The van der Waals surface area contributed by atoms with Gasteiger partial charge in [-0.2, -0.15) is 0 Å². The Labute approximate surface area is 146 Å². The zero-order chi connectivity index (χ0) is 16.2. The van der Waals surface area contributed by atoms with E-state index in [1.54, 1.807) is 11.8 Å². The normalized spacial score (nSPS) is 18.1. The van der Waals surface area contributed by atoms with E-state index in [4.69, 9.17) is 11.6 Å². The van der Waals surface area contributed by atoms with E-state index in [0.29, 0.717) is 32.6 Å². The second kappa shape index (κ2) is 7.58. The van der Waals surface area contributed by atoms with Crippen molar-refractivity contribution >= 4 is 35.2 Å². The van der Waals surface area contributed by atoms with Crippen molar-refractivity contribution in [3.63, 3.8) is 0 Å². The van der Waals surface area contributed by atoms with Gasteiger partial charge in [0.1, 0.15) is 0 Å². The molecule has 1 heterocycles. The smallest absolute Gasteiger partial charge is 0.225 e. The molecule has 2 amide bonds. The van der Waals surface area contributed by atoms with Gasteiger partial charge in [-0.25, -0.2) is 0 Å². The van der Waals surface area contributed by atoms with Gasteiger partial charge in [0.25, 0.3) is 0 Å². The van der Waals surface area contributed by atoms with E-state index >= 15 is 0 Å². The molecule has 1 saturated heterocycles. The van der Waals surface area contributed by atoms with Gasteiger partial charge in [0.15, 0.2) is 0 Å². The van der Waals surface area contributed by atoms with Crippen LogP contribution in [0.5, 0.6) is 0 Å². The Morgan fingerprint density at radius 1 is 1.04 bits per heavy atom. The lowest BCUT2D eigenvalue weighted by Gasteiger charge is -2.35. The fourth-order valence-corrected chi connectivity index (χ4v) is 3.68. The number of hydrogen-bond acceptors (Lipinski definition) is 3. The average molecular weight is 353 g/mol. The van der Waals surface area contributed by atoms with Gasteiger partial charge in [-0.05, 0) is 37.1 Å². The van der Waals surface area contributed by atoms with E-state index < -0.39 is 0 Å². The molecule has 1 aliphatic heterocycles. The summed E-state index contributed by atoms with van der Waals surface area (Å²) in [6.45, 7) is 2.71. The molecule has 1 saturated carbocycles.